The molecule has 2 aromatic carbocycles. The number of hydrogen-bond acceptors (Lipinski definition) is 5. The largest absolute Gasteiger partial charge is 0.486 e. The number of aliphatic carboxylic acids is 1. The highest BCUT2D eigenvalue weighted by Gasteiger charge is 2.47. The molecule has 0 bridgehead atoms. The Bertz CT molecular complexity index is 1020. The van der Waals surface area contributed by atoms with Gasteiger partial charge in [0.2, 0.25) is 10.0 Å². The molecule has 0 aromatic heterocycles. The van der Waals surface area contributed by atoms with Gasteiger partial charge in [-0.3, -0.25) is 0 Å². The summed E-state index contributed by atoms with van der Waals surface area (Å²) in [7, 11) is -3.68. The van der Waals surface area contributed by atoms with E-state index in [1.807, 2.05) is 6.07 Å². The van der Waals surface area contributed by atoms with Gasteiger partial charge >= 0.3 is 5.97 Å². The second kappa shape index (κ2) is 7.38. The van der Waals surface area contributed by atoms with Crippen molar-refractivity contribution in [1.82, 2.24) is 4.72 Å². The van der Waals surface area contributed by atoms with Gasteiger partial charge in [0, 0.05) is 22.0 Å². The van der Waals surface area contributed by atoms with Gasteiger partial charge in [-0.1, -0.05) is 34.1 Å². The van der Waals surface area contributed by atoms with Gasteiger partial charge in [0.05, 0.1) is 4.90 Å². The Morgan fingerprint density at radius 1 is 1.25 bits per heavy atom. The van der Waals surface area contributed by atoms with Gasteiger partial charge in [-0.05, 0) is 37.1 Å². The highest BCUT2D eigenvalue weighted by molar-refractivity contribution is 9.10. The number of carbonyl (C=O) groups is 1. The second-order valence-electron chi connectivity index (χ2n) is 6.80. The van der Waals surface area contributed by atoms with Crippen LogP contribution in [0.25, 0.3) is 0 Å². The molecule has 28 heavy (non-hydrogen) atoms. The molecule has 1 fully saturated rings. The number of rotatable bonds is 6. The van der Waals surface area contributed by atoms with Crippen LogP contribution in [0.3, 0.4) is 0 Å². The van der Waals surface area contributed by atoms with E-state index in [0.717, 1.165) is 5.56 Å². The molecule has 3 atom stereocenters. The second-order valence-corrected chi connectivity index (χ2v) is 9.43. The predicted molar refractivity (Wildman–Crippen MR) is 104 cm³/mol. The number of nitrogens with one attached hydrogen (secondary N) is 1. The summed E-state index contributed by atoms with van der Waals surface area (Å²) in [5.74, 6) is -0.353. The van der Waals surface area contributed by atoms with E-state index in [1.165, 1.54) is 0 Å². The normalized spacial score (nSPS) is 23.0. The van der Waals surface area contributed by atoms with Crippen molar-refractivity contribution in [2.75, 3.05) is 6.61 Å². The molecule has 1 aliphatic heterocycles. The maximum atomic E-state index is 12.8. The highest BCUT2D eigenvalue weighted by Crippen LogP contribution is 2.51. The molecule has 9 heteroatoms. The van der Waals surface area contributed by atoms with Crippen molar-refractivity contribution in [3.63, 3.8) is 0 Å². The number of halogens is 1. The van der Waals surface area contributed by atoms with Gasteiger partial charge in [0.25, 0.3) is 0 Å². The number of sulfonamides is 1. The van der Waals surface area contributed by atoms with Crippen molar-refractivity contribution in [2.45, 2.75) is 35.8 Å². The number of carboxylic acid groups (broad SMARTS) is 1. The summed E-state index contributed by atoms with van der Waals surface area (Å²) >= 11 is 3.30. The van der Waals surface area contributed by atoms with E-state index in [9.17, 15) is 13.2 Å². The molecule has 0 spiro atoms. The molecule has 148 valence electrons. The zero-order valence-electron chi connectivity index (χ0n) is 14.7. The van der Waals surface area contributed by atoms with Gasteiger partial charge in [-0.15, -0.1) is 0 Å². The fourth-order valence-electron chi connectivity index (χ4n) is 3.87. The van der Waals surface area contributed by atoms with Crippen LogP contribution in [0.1, 0.15) is 24.3 Å². The van der Waals surface area contributed by atoms with Crippen LogP contribution in [0.2, 0.25) is 0 Å². The first-order valence-corrected chi connectivity index (χ1v) is 11.0. The summed E-state index contributed by atoms with van der Waals surface area (Å²) in [6, 6.07) is 11.5. The number of carboxylic acids is 1. The molecule has 1 saturated carbocycles. The van der Waals surface area contributed by atoms with Crippen molar-refractivity contribution in [3.05, 3.63) is 52.5 Å². The van der Waals surface area contributed by atoms with E-state index in [1.54, 1.807) is 36.4 Å². The Morgan fingerprint density at radius 2 is 2.04 bits per heavy atom. The molecule has 2 aliphatic rings. The fourth-order valence-corrected chi connectivity index (χ4v) is 5.76. The monoisotopic (exact) mass is 467 g/mol. The molecule has 7 nitrogen and oxygen atoms in total. The van der Waals surface area contributed by atoms with Gasteiger partial charge in [-0.2, -0.15) is 0 Å². The van der Waals surface area contributed by atoms with E-state index in [-0.39, 0.29) is 23.0 Å². The summed E-state index contributed by atoms with van der Waals surface area (Å²) in [6.45, 7) is -0.464. The average Bonchev–Trinajstić information content (AvgIpc) is 3.20. The third kappa shape index (κ3) is 3.61. The first-order valence-electron chi connectivity index (χ1n) is 8.77. The molecule has 2 aromatic rings. The summed E-state index contributed by atoms with van der Waals surface area (Å²) < 4.78 is 40.5. The molecular formula is C19H18BrNO6S. The first-order chi connectivity index (χ1) is 13.3. The maximum absolute atomic E-state index is 12.8. The lowest BCUT2D eigenvalue weighted by Crippen LogP contribution is -2.37. The van der Waals surface area contributed by atoms with Crippen LogP contribution in [0.5, 0.6) is 11.5 Å². The lowest BCUT2D eigenvalue weighted by molar-refractivity contribution is -0.139. The maximum Gasteiger partial charge on any atom is 0.341 e. The van der Waals surface area contributed by atoms with E-state index in [4.69, 9.17) is 14.6 Å². The van der Waals surface area contributed by atoms with Crippen LogP contribution >= 0.6 is 15.9 Å². The molecule has 0 radical (unpaired) electrons. The smallest absolute Gasteiger partial charge is 0.341 e. The highest BCUT2D eigenvalue weighted by atomic mass is 79.9. The summed E-state index contributed by atoms with van der Waals surface area (Å²) in [4.78, 5) is 11.0. The van der Waals surface area contributed by atoms with Crippen molar-refractivity contribution in [2.24, 2.45) is 0 Å². The van der Waals surface area contributed by atoms with Gasteiger partial charge in [0.1, 0.15) is 6.10 Å². The van der Waals surface area contributed by atoms with Crippen molar-refractivity contribution < 1.29 is 27.8 Å². The number of fused-ring (bicyclic) bond motifs is 3. The Hall–Kier alpha value is -2.10. The first kappa shape index (κ1) is 19.2. The van der Waals surface area contributed by atoms with Crippen molar-refractivity contribution in [3.8, 4) is 11.5 Å². The van der Waals surface area contributed by atoms with E-state index < -0.39 is 22.6 Å². The molecule has 1 heterocycles. The summed E-state index contributed by atoms with van der Waals surface area (Å²) in [5.41, 5.74) is 0.840. The quantitative estimate of drug-likeness (QED) is 0.676. The Kier molecular flexibility index (Phi) is 5.07. The molecule has 1 aliphatic carbocycles. The van der Waals surface area contributed by atoms with Crippen LogP contribution in [0, 0.1) is 0 Å². The van der Waals surface area contributed by atoms with Crippen LogP contribution < -0.4 is 14.2 Å². The van der Waals surface area contributed by atoms with Crippen LogP contribution in [-0.4, -0.2) is 38.2 Å². The van der Waals surface area contributed by atoms with Crippen molar-refractivity contribution >= 4 is 31.9 Å². The molecule has 0 saturated heterocycles. The zero-order valence-corrected chi connectivity index (χ0v) is 17.1. The average molecular weight is 468 g/mol. The van der Waals surface area contributed by atoms with Crippen LogP contribution in [0.4, 0.5) is 0 Å². The fraction of sp³-hybridized carbons (Fsp3) is 0.316. The Morgan fingerprint density at radius 3 is 2.79 bits per heavy atom. The molecule has 2 N–H and O–H groups in total. The van der Waals surface area contributed by atoms with E-state index in [2.05, 4.69) is 20.7 Å². The number of benzene rings is 2. The number of hydrogen-bond donors (Lipinski definition) is 2. The van der Waals surface area contributed by atoms with Gasteiger partial charge < -0.3 is 14.6 Å². The van der Waals surface area contributed by atoms with Gasteiger partial charge in [-0.25, -0.2) is 17.9 Å². The van der Waals surface area contributed by atoms with E-state index >= 15 is 0 Å². The zero-order chi connectivity index (χ0) is 19.9. The molecule has 4 rings (SSSR count). The standard InChI is InChI=1S/C19H18BrNO6S/c20-11-3-1-4-12(9-11)28(24,25)21-14-7-8-15-18(14)13-5-2-6-16(19(13)27-15)26-10-17(22)23/h1-6,9,14-15,18,21H,7-8,10H2,(H,22,23). The number of para-hydroxylation sites is 1. The number of ether oxygens (including phenoxy) is 2. The minimum atomic E-state index is -3.68. The topological polar surface area (TPSA) is 102 Å². The van der Waals surface area contributed by atoms with Crippen LogP contribution in [-0.2, 0) is 14.8 Å². The lowest BCUT2D eigenvalue weighted by atomic mass is 9.94. The Labute approximate surface area is 170 Å². The molecule has 3 unspecified atom stereocenters. The lowest BCUT2D eigenvalue weighted by Gasteiger charge is -2.20. The minimum absolute atomic E-state index is 0.148. The third-order valence-electron chi connectivity index (χ3n) is 5.00. The summed E-state index contributed by atoms with van der Waals surface area (Å²) in [6.07, 6.45) is 1.19. The third-order valence-corrected chi connectivity index (χ3v) is 6.98. The van der Waals surface area contributed by atoms with E-state index in [0.29, 0.717) is 28.8 Å². The van der Waals surface area contributed by atoms with Crippen molar-refractivity contribution in [1.29, 1.82) is 0 Å². The SMILES string of the molecule is O=C(O)COc1cccc2c1OC1CCC(NS(=O)(=O)c3cccc(Br)c3)C21. The summed E-state index contributed by atoms with van der Waals surface area (Å²) in [5, 5.41) is 8.84. The van der Waals surface area contributed by atoms with Gasteiger partial charge in [0.15, 0.2) is 18.1 Å². The molecular weight excluding hydrogens is 450 g/mol. The van der Waals surface area contributed by atoms with Crippen LogP contribution in [0.15, 0.2) is 51.8 Å². The minimum Gasteiger partial charge on any atom is -0.486 e. The predicted octanol–water partition coefficient (Wildman–Crippen LogP) is 2.90. The molecule has 0 amide bonds. The Balaban J connectivity index is 1.59.